The quantitative estimate of drug-likeness (QED) is 0.805. The molecule has 2 aromatic rings. The predicted octanol–water partition coefficient (Wildman–Crippen LogP) is 4.01. The number of rotatable bonds is 2. The van der Waals surface area contributed by atoms with Crippen molar-refractivity contribution in [2.45, 2.75) is 13.3 Å². The Morgan fingerprint density at radius 3 is 2.75 bits per heavy atom. The number of hydrogen-bond donors (Lipinski definition) is 0. The number of benzene rings is 1. The molecule has 0 amide bonds. The van der Waals surface area contributed by atoms with Gasteiger partial charge in [0, 0.05) is 15.4 Å². The van der Waals surface area contributed by atoms with Gasteiger partial charge in [0.15, 0.2) is 0 Å². The van der Waals surface area contributed by atoms with Crippen molar-refractivity contribution < 1.29 is 0 Å². The Morgan fingerprint density at radius 1 is 1.31 bits per heavy atom. The van der Waals surface area contributed by atoms with Crippen LogP contribution in [0.25, 0.3) is 5.69 Å². The average molecular weight is 365 g/mol. The summed E-state index contributed by atoms with van der Waals surface area (Å²) in [5.41, 5.74) is 0.932. The molecule has 0 N–H and O–H groups in total. The highest BCUT2D eigenvalue weighted by atomic mass is 79.9. The molecule has 2 rings (SSSR count). The van der Waals surface area contributed by atoms with Gasteiger partial charge < -0.3 is 0 Å². The number of halogens is 3. The standard InChI is InChI=1S/C10H8Br2ClN3/c1-2-9-14-15-10(13)16(9)8-5-6(11)3-4-7(8)12/h3-5H,2H2,1H3. The highest BCUT2D eigenvalue weighted by molar-refractivity contribution is 9.11. The predicted molar refractivity (Wildman–Crippen MR) is 71.1 cm³/mol. The van der Waals surface area contributed by atoms with E-state index in [9.17, 15) is 0 Å². The first-order valence-electron chi connectivity index (χ1n) is 4.68. The summed E-state index contributed by atoms with van der Waals surface area (Å²) >= 11 is 13.0. The maximum Gasteiger partial charge on any atom is 0.229 e. The summed E-state index contributed by atoms with van der Waals surface area (Å²) in [5.74, 6) is 0.837. The van der Waals surface area contributed by atoms with Crippen molar-refractivity contribution in [2.75, 3.05) is 0 Å². The van der Waals surface area contributed by atoms with Gasteiger partial charge >= 0.3 is 0 Å². The lowest BCUT2D eigenvalue weighted by atomic mass is 10.3. The van der Waals surface area contributed by atoms with Crippen LogP contribution in [0.1, 0.15) is 12.7 Å². The van der Waals surface area contributed by atoms with E-state index in [4.69, 9.17) is 11.6 Å². The second kappa shape index (κ2) is 4.85. The van der Waals surface area contributed by atoms with E-state index in [2.05, 4.69) is 42.1 Å². The maximum absolute atomic E-state index is 6.04. The average Bonchev–Trinajstić information content (AvgIpc) is 2.63. The van der Waals surface area contributed by atoms with E-state index < -0.39 is 0 Å². The zero-order valence-corrected chi connectivity index (χ0v) is 12.3. The molecule has 3 nitrogen and oxygen atoms in total. The topological polar surface area (TPSA) is 30.7 Å². The van der Waals surface area contributed by atoms with Crippen LogP contribution in [-0.4, -0.2) is 14.8 Å². The highest BCUT2D eigenvalue weighted by Crippen LogP contribution is 2.28. The van der Waals surface area contributed by atoms with Crippen molar-refractivity contribution >= 4 is 43.5 Å². The summed E-state index contributed by atoms with van der Waals surface area (Å²) in [4.78, 5) is 0. The maximum atomic E-state index is 6.04. The van der Waals surface area contributed by atoms with E-state index in [1.807, 2.05) is 29.7 Å². The largest absolute Gasteiger partial charge is 0.269 e. The minimum Gasteiger partial charge on any atom is -0.269 e. The molecule has 0 saturated heterocycles. The lowest BCUT2D eigenvalue weighted by Gasteiger charge is -2.09. The summed E-state index contributed by atoms with van der Waals surface area (Å²) in [5, 5.41) is 8.27. The summed E-state index contributed by atoms with van der Waals surface area (Å²) < 4.78 is 3.76. The van der Waals surface area contributed by atoms with Gasteiger partial charge in [0.25, 0.3) is 0 Å². The van der Waals surface area contributed by atoms with E-state index >= 15 is 0 Å². The Labute approximate surface area is 115 Å². The van der Waals surface area contributed by atoms with E-state index in [1.54, 1.807) is 0 Å². The van der Waals surface area contributed by atoms with Gasteiger partial charge in [-0.1, -0.05) is 22.9 Å². The molecule has 0 atom stereocenters. The first kappa shape index (κ1) is 12.1. The van der Waals surface area contributed by atoms with E-state index in [-0.39, 0.29) is 0 Å². The van der Waals surface area contributed by atoms with Crippen molar-refractivity contribution in [3.05, 3.63) is 38.3 Å². The molecule has 84 valence electrons. The molecule has 0 fully saturated rings. The molecule has 0 saturated carbocycles. The smallest absolute Gasteiger partial charge is 0.229 e. The van der Waals surface area contributed by atoms with Gasteiger partial charge in [-0.25, -0.2) is 0 Å². The number of hydrogen-bond acceptors (Lipinski definition) is 2. The number of aryl methyl sites for hydroxylation is 1. The summed E-state index contributed by atoms with van der Waals surface area (Å²) in [6, 6.07) is 5.88. The summed E-state index contributed by atoms with van der Waals surface area (Å²) in [6.45, 7) is 2.02. The van der Waals surface area contributed by atoms with Crippen LogP contribution in [-0.2, 0) is 6.42 Å². The third-order valence-corrected chi connectivity index (χ3v) is 3.56. The van der Waals surface area contributed by atoms with Crippen molar-refractivity contribution in [3.63, 3.8) is 0 Å². The van der Waals surface area contributed by atoms with Crippen LogP contribution < -0.4 is 0 Å². The van der Waals surface area contributed by atoms with Crippen LogP contribution >= 0.6 is 43.5 Å². The van der Waals surface area contributed by atoms with Crippen LogP contribution in [0.3, 0.4) is 0 Å². The minimum absolute atomic E-state index is 0.371. The zero-order chi connectivity index (χ0) is 11.7. The second-order valence-corrected chi connectivity index (χ2v) is 5.28. The molecule has 1 heterocycles. The third-order valence-electron chi connectivity index (χ3n) is 2.16. The number of nitrogens with zero attached hydrogens (tertiary/aromatic N) is 3. The van der Waals surface area contributed by atoms with Crippen LogP contribution in [0.2, 0.25) is 5.28 Å². The van der Waals surface area contributed by atoms with Crippen molar-refractivity contribution in [1.82, 2.24) is 14.8 Å². The molecule has 1 aromatic heterocycles. The van der Waals surface area contributed by atoms with Crippen molar-refractivity contribution in [1.29, 1.82) is 0 Å². The molecule has 0 aliphatic heterocycles. The van der Waals surface area contributed by atoms with Crippen LogP contribution in [0.4, 0.5) is 0 Å². The fraction of sp³-hybridized carbons (Fsp3) is 0.200. The van der Waals surface area contributed by atoms with E-state index in [0.29, 0.717) is 5.28 Å². The molecule has 0 spiro atoms. The molecule has 6 heteroatoms. The van der Waals surface area contributed by atoms with Gasteiger partial charge in [-0.05, 0) is 45.7 Å². The summed E-state index contributed by atoms with van der Waals surface area (Å²) in [7, 11) is 0. The Hall–Kier alpha value is -0.390. The molecular weight excluding hydrogens is 357 g/mol. The second-order valence-electron chi connectivity index (χ2n) is 3.17. The summed E-state index contributed by atoms with van der Waals surface area (Å²) in [6.07, 6.45) is 0.776. The molecule has 0 bridgehead atoms. The molecule has 1 aromatic carbocycles. The fourth-order valence-electron chi connectivity index (χ4n) is 1.42. The SMILES string of the molecule is CCc1nnc(Cl)n1-c1cc(Br)ccc1Br. The lowest BCUT2D eigenvalue weighted by molar-refractivity contribution is 0.880. The van der Waals surface area contributed by atoms with Gasteiger partial charge in [0.1, 0.15) is 5.82 Å². The Kier molecular flexibility index (Phi) is 3.66. The Bertz CT molecular complexity index is 525. The normalized spacial score (nSPS) is 10.8. The zero-order valence-electron chi connectivity index (χ0n) is 8.41. The first-order chi connectivity index (χ1) is 7.63. The number of aromatic nitrogens is 3. The fourth-order valence-corrected chi connectivity index (χ4v) is 2.42. The van der Waals surface area contributed by atoms with Crippen LogP contribution in [0, 0.1) is 0 Å². The molecule has 0 aliphatic carbocycles. The van der Waals surface area contributed by atoms with Crippen LogP contribution in [0.15, 0.2) is 27.1 Å². The monoisotopic (exact) mass is 363 g/mol. The van der Waals surface area contributed by atoms with E-state index in [1.165, 1.54) is 0 Å². The van der Waals surface area contributed by atoms with Crippen molar-refractivity contribution in [2.24, 2.45) is 0 Å². The van der Waals surface area contributed by atoms with Gasteiger partial charge in [0.2, 0.25) is 5.28 Å². The van der Waals surface area contributed by atoms with E-state index in [0.717, 1.165) is 26.9 Å². The molecule has 0 radical (unpaired) electrons. The Balaban J connectivity index is 2.66. The third kappa shape index (κ3) is 2.17. The highest BCUT2D eigenvalue weighted by Gasteiger charge is 2.13. The van der Waals surface area contributed by atoms with Gasteiger partial charge in [-0.2, -0.15) is 0 Å². The molecule has 0 aliphatic rings. The van der Waals surface area contributed by atoms with Crippen LogP contribution in [0.5, 0.6) is 0 Å². The lowest BCUT2D eigenvalue weighted by Crippen LogP contribution is -2.01. The molecule has 0 unspecified atom stereocenters. The molecular formula is C10H8Br2ClN3. The van der Waals surface area contributed by atoms with Gasteiger partial charge in [0.05, 0.1) is 5.69 Å². The minimum atomic E-state index is 0.371. The first-order valence-corrected chi connectivity index (χ1v) is 6.65. The van der Waals surface area contributed by atoms with Crippen molar-refractivity contribution in [3.8, 4) is 5.69 Å². The van der Waals surface area contributed by atoms with Gasteiger partial charge in [-0.3, -0.25) is 4.57 Å². The Morgan fingerprint density at radius 2 is 2.06 bits per heavy atom. The van der Waals surface area contributed by atoms with Gasteiger partial charge in [-0.15, -0.1) is 10.2 Å². The molecule has 16 heavy (non-hydrogen) atoms.